The molecule has 0 aromatic heterocycles. The Balaban J connectivity index is 3.76. The molecule has 0 fully saturated rings. The fourth-order valence-corrected chi connectivity index (χ4v) is 0.930. The summed E-state index contributed by atoms with van der Waals surface area (Å²) in [4.78, 5) is 10.7. The number of hydrogen-bond donors (Lipinski definition) is 0. The molecule has 0 N–H and O–H groups in total. The van der Waals surface area contributed by atoms with E-state index in [1.165, 1.54) is 6.92 Å². The van der Waals surface area contributed by atoms with Crippen LogP contribution in [0.15, 0.2) is 12.2 Å². The van der Waals surface area contributed by atoms with Crippen molar-refractivity contribution in [1.29, 1.82) is 0 Å². The van der Waals surface area contributed by atoms with E-state index < -0.39 is 14.2 Å². The van der Waals surface area contributed by atoms with E-state index in [1.54, 1.807) is 6.92 Å². The summed E-state index contributed by atoms with van der Waals surface area (Å²) in [7, 11) is -2.64. The van der Waals surface area contributed by atoms with Crippen LogP contribution in [0.1, 0.15) is 13.8 Å². The van der Waals surface area contributed by atoms with Crippen LogP contribution in [-0.2, 0) is 18.4 Å². The van der Waals surface area contributed by atoms with Crippen LogP contribution in [0.25, 0.3) is 0 Å². The van der Waals surface area contributed by atoms with Gasteiger partial charge in [-0.05, 0) is 13.8 Å². The van der Waals surface area contributed by atoms with E-state index in [4.69, 9.17) is 0 Å². The van der Waals surface area contributed by atoms with Crippen molar-refractivity contribution in [2.24, 2.45) is 0 Å². The van der Waals surface area contributed by atoms with Crippen molar-refractivity contribution in [3.63, 3.8) is 0 Å². The van der Waals surface area contributed by atoms with Crippen LogP contribution in [0.5, 0.6) is 0 Å². The molecule has 0 spiro atoms. The van der Waals surface area contributed by atoms with E-state index in [-0.39, 0.29) is 12.2 Å². The topological polar surface area (TPSA) is 52.6 Å². The van der Waals surface area contributed by atoms with E-state index in [2.05, 4.69) is 15.6 Å². The average Bonchev–Trinajstić information content (AvgIpc) is 1.87. The minimum atomic E-state index is -2.64. The number of hydrogen-bond acceptors (Lipinski definition) is 4. The van der Waals surface area contributed by atoms with Gasteiger partial charge >= 0.3 is 14.2 Å². The minimum absolute atomic E-state index is 0.211. The van der Waals surface area contributed by atoms with Crippen LogP contribution in [-0.4, -0.2) is 12.6 Å². The van der Waals surface area contributed by atoms with Crippen LogP contribution in [0.4, 0.5) is 0 Å². The monoisotopic (exact) mass is 178 g/mol. The first-order chi connectivity index (χ1) is 5.07. The van der Waals surface area contributed by atoms with Gasteiger partial charge in [0.2, 0.25) is 0 Å². The third-order valence-corrected chi connectivity index (χ3v) is 1.66. The maximum absolute atomic E-state index is 10.7. The van der Waals surface area contributed by atoms with Gasteiger partial charge in [0.05, 0.1) is 6.61 Å². The SMILES string of the molecule is C=C(C)C(=O)O[PH](=O)OCC. The van der Waals surface area contributed by atoms with Gasteiger partial charge in [-0.3, -0.25) is 0 Å². The van der Waals surface area contributed by atoms with Gasteiger partial charge in [0, 0.05) is 5.57 Å². The lowest BCUT2D eigenvalue weighted by molar-refractivity contribution is -0.130. The van der Waals surface area contributed by atoms with Gasteiger partial charge in [0.25, 0.3) is 0 Å². The summed E-state index contributed by atoms with van der Waals surface area (Å²) in [5, 5.41) is 0. The van der Waals surface area contributed by atoms with Crippen LogP contribution < -0.4 is 0 Å². The molecule has 0 radical (unpaired) electrons. The standard InChI is InChI=1S/C6H11O4P/c1-4-9-11(8)10-6(7)5(2)3/h11H,2,4H2,1,3H3. The van der Waals surface area contributed by atoms with Gasteiger partial charge in [0.1, 0.15) is 0 Å². The number of carbonyl (C=O) groups is 1. The van der Waals surface area contributed by atoms with Crippen molar-refractivity contribution in [3.8, 4) is 0 Å². The third kappa shape index (κ3) is 4.76. The van der Waals surface area contributed by atoms with E-state index >= 15 is 0 Å². The van der Waals surface area contributed by atoms with Gasteiger partial charge in [-0.2, -0.15) is 0 Å². The summed E-state index contributed by atoms with van der Waals surface area (Å²) in [6.07, 6.45) is 0. The average molecular weight is 178 g/mol. The summed E-state index contributed by atoms with van der Waals surface area (Å²) in [5.74, 6) is -0.678. The second-order valence-electron chi connectivity index (χ2n) is 1.85. The highest BCUT2D eigenvalue weighted by Gasteiger charge is 2.07. The molecular weight excluding hydrogens is 167 g/mol. The van der Waals surface area contributed by atoms with Crippen molar-refractivity contribution in [3.05, 3.63) is 12.2 Å². The van der Waals surface area contributed by atoms with Crippen molar-refractivity contribution >= 4 is 14.2 Å². The third-order valence-electron chi connectivity index (χ3n) is 0.787. The molecule has 0 aliphatic carbocycles. The number of rotatable bonds is 4. The largest absolute Gasteiger partial charge is 0.390 e. The van der Waals surface area contributed by atoms with Crippen molar-refractivity contribution in [1.82, 2.24) is 0 Å². The van der Waals surface area contributed by atoms with Crippen molar-refractivity contribution in [2.75, 3.05) is 6.61 Å². The van der Waals surface area contributed by atoms with Gasteiger partial charge in [0.15, 0.2) is 0 Å². The Hall–Kier alpha value is -0.600. The zero-order chi connectivity index (χ0) is 8.85. The molecule has 11 heavy (non-hydrogen) atoms. The first kappa shape index (κ1) is 10.4. The van der Waals surface area contributed by atoms with Gasteiger partial charge < -0.3 is 9.05 Å². The Labute approximate surface area is 66.1 Å². The van der Waals surface area contributed by atoms with E-state index in [9.17, 15) is 9.36 Å². The maximum atomic E-state index is 10.7. The van der Waals surface area contributed by atoms with E-state index in [0.717, 1.165) is 0 Å². The molecule has 0 rings (SSSR count). The fourth-order valence-electron chi connectivity index (χ4n) is 0.310. The molecule has 1 unspecified atom stereocenters. The molecule has 0 saturated carbocycles. The molecule has 0 saturated heterocycles. The summed E-state index contributed by atoms with van der Waals surface area (Å²) in [6.45, 7) is 6.72. The second-order valence-corrected chi connectivity index (χ2v) is 2.85. The molecule has 0 aromatic carbocycles. The predicted molar refractivity (Wildman–Crippen MR) is 41.5 cm³/mol. The molecule has 0 amide bonds. The highest BCUT2D eigenvalue weighted by Crippen LogP contribution is 2.24. The van der Waals surface area contributed by atoms with Gasteiger partial charge in [-0.25, -0.2) is 9.36 Å². The summed E-state index contributed by atoms with van der Waals surface area (Å²) in [6, 6.07) is 0. The van der Waals surface area contributed by atoms with Gasteiger partial charge in [-0.15, -0.1) is 0 Å². The van der Waals surface area contributed by atoms with E-state index in [1.807, 2.05) is 0 Å². The van der Waals surface area contributed by atoms with E-state index in [0.29, 0.717) is 0 Å². The highest BCUT2D eigenvalue weighted by atomic mass is 31.1. The normalized spacial score (nSPS) is 12.2. The molecule has 0 bridgehead atoms. The Morgan fingerprint density at radius 2 is 2.18 bits per heavy atom. The number of carbonyl (C=O) groups excluding carboxylic acids is 1. The maximum Gasteiger partial charge on any atom is 0.370 e. The zero-order valence-electron chi connectivity index (χ0n) is 6.55. The lowest BCUT2D eigenvalue weighted by Gasteiger charge is -2.02. The first-order valence-electron chi connectivity index (χ1n) is 3.12. The molecule has 0 aliphatic heterocycles. The zero-order valence-corrected chi connectivity index (χ0v) is 7.55. The van der Waals surface area contributed by atoms with Gasteiger partial charge in [-0.1, -0.05) is 6.58 Å². The molecule has 0 aliphatic rings. The second kappa shape index (κ2) is 5.10. The minimum Gasteiger partial charge on any atom is -0.390 e. The molecule has 0 heterocycles. The van der Waals surface area contributed by atoms with Crippen molar-refractivity contribution < 1.29 is 18.4 Å². The van der Waals surface area contributed by atoms with Crippen LogP contribution in [0, 0.1) is 0 Å². The Morgan fingerprint density at radius 1 is 1.64 bits per heavy atom. The van der Waals surface area contributed by atoms with Crippen LogP contribution in [0.2, 0.25) is 0 Å². The Bertz CT molecular complexity index is 187. The first-order valence-corrected chi connectivity index (χ1v) is 4.34. The molecule has 1 atom stereocenters. The highest BCUT2D eigenvalue weighted by molar-refractivity contribution is 7.34. The van der Waals surface area contributed by atoms with Crippen molar-refractivity contribution in [2.45, 2.75) is 13.8 Å². The molecule has 64 valence electrons. The molecule has 0 aromatic rings. The smallest absolute Gasteiger partial charge is 0.370 e. The molecule has 4 nitrogen and oxygen atoms in total. The quantitative estimate of drug-likeness (QED) is 0.483. The molecule has 5 heteroatoms. The van der Waals surface area contributed by atoms with Crippen LogP contribution >= 0.6 is 8.25 Å². The van der Waals surface area contributed by atoms with Crippen LogP contribution in [0.3, 0.4) is 0 Å². The Morgan fingerprint density at radius 3 is 2.55 bits per heavy atom. The Kier molecular flexibility index (Phi) is 4.83. The summed E-state index contributed by atoms with van der Waals surface area (Å²) >= 11 is 0. The summed E-state index contributed by atoms with van der Waals surface area (Å²) in [5.41, 5.74) is 0.211. The molecular formula is C6H11O4P. The predicted octanol–water partition coefficient (Wildman–Crippen LogP) is 1.53. The lowest BCUT2D eigenvalue weighted by Crippen LogP contribution is -1.99. The summed E-state index contributed by atoms with van der Waals surface area (Å²) < 4.78 is 19.5. The fraction of sp³-hybridized carbons (Fsp3) is 0.500. The lowest BCUT2D eigenvalue weighted by atomic mass is 10.4.